The Labute approximate surface area is 315 Å². The molecular weight excluding hydrogens is 690 g/mol. The molecule has 0 bridgehead atoms. The Bertz CT molecular complexity index is 1950. The zero-order valence-electron chi connectivity index (χ0n) is 30.4. The number of hydrogen-bond donors (Lipinski definition) is 2. The second-order valence-corrected chi connectivity index (χ2v) is 15.1. The first-order valence-corrected chi connectivity index (χ1v) is 19.2. The standard InChI is InChI=1S/C41H46ClN7O4/c1-26-22-27(2)37-36(26)38(45-25-44-37)47-18-20-48(21-19-47)40(52)32(29-11-13-30(42)14-12-29)23-43-17-6-4-3-5-8-28-9-7-10-31-33(28)24-49(41(31)53)34-15-16-35(50)46-39(34)51/h7,9-14,25-27,32,34,43H,3-4,6,15-24H2,1-2H3,(H,46,50,51)/t26-,27-,32-,34?/m1/s1. The number of carbonyl (C=O) groups is 4. The van der Waals surface area contributed by atoms with E-state index in [0.29, 0.717) is 61.4 Å². The maximum absolute atomic E-state index is 14.0. The van der Waals surface area contributed by atoms with E-state index in [2.05, 4.69) is 46.2 Å². The maximum Gasteiger partial charge on any atom is 0.255 e. The van der Waals surface area contributed by atoms with Crippen LogP contribution in [0.4, 0.5) is 5.82 Å². The van der Waals surface area contributed by atoms with Crippen LogP contribution in [0.25, 0.3) is 0 Å². The van der Waals surface area contributed by atoms with Crippen LogP contribution in [0.2, 0.25) is 5.02 Å². The van der Waals surface area contributed by atoms with Gasteiger partial charge < -0.3 is 20.0 Å². The summed E-state index contributed by atoms with van der Waals surface area (Å²) in [5.41, 5.74) is 5.57. The monoisotopic (exact) mass is 735 g/mol. The largest absolute Gasteiger partial charge is 0.353 e. The Kier molecular flexibility index (Phi) is 11.1. The number of hydrogen-bond acceptors (Lipinski definition) is 8. The van der Waals surface area contributed by atoms with Gasteiger partial charge in [-0.05, 0) is 79.5 Å². The highest BCUT2D eigenvalue weighted by atomic mass is 35.5. The van der Waals surface area contributed by atoms with Gasteiger partial charge in [0, 0.05) is 73.8 Å². The molecule has 53 heavy (non-hydrogen) atoms. The van der Waals surface area contributed by atoms with Crippen LogP contribution >= 0.6 is 11.6 Å². The van der Waals surface area contributed by atoms with E-state index in [4.69, 9.17) is 16.6 Å². The average Bonchev–Trinajstić information content (AvgIpc) is 3.66. The molecule has 4 atom stereocenters. The number of aromatic nitrogens is 2. The predicted octanol–water partition coefficient (Wildman–Crippen LogP) is 4.75. The van der Waals surface area contributed by atoms with E-state index < -0.39 is 11.9 Å². The number of piperazine rings is 1. The maximum atomic E-state index is 14.0. The summed E-state index contributed by atoms with van der Waals surface area (Å²) < 4.78 is 0. The molecule has 0 spiro atoms. The Morgan fingerprint density at radius 2 is 1.81 bits per heavy atom. The summed E-state index contributed by atoms with van der Waals surface area (Å²) in [6.45, 7) is 8.81. The highest BCUT2D eigenvalue weighted by Gasteiger charge is 2.40. The average molecular weight is 736 g/mol. The van der Waals surface area contributed by atoms with Crippen LogP contribution in [0.1, 0.15) is 108 Å². The first-order chi connectivity index (χ1) is 25.7. The number of rotatable bonds is 10. The fourth-order valence-corrected chi connectivity index (χ4v) is 8.37. The SMILES string of the molecule is C[C@@H]1C[C@@H](C)c2c1ncnc2N1CCN(C(=O)[C@H](CNCCCCC#Cc2cccc3c2CN(C2CCC(=O)NC2=O)C3=O)c2ccc(Cl)cc2)CC1. The lowest BCUT2D eigenvalue weighted by atomic mass is 9.96. The van der Waals surface area contributed by atoms with Crippen molar-refractivity contribution < 1.29 is 19.2 Å². The minimum Gasteiger partial charge on any atom is -0.353 e. The lowest BCUT2D eigenvalue weighted by Gasteiger charge is -2.38. The summed E-state index contributed by atoms with van der Waals surface area (Å²) in [5, 5.41) is 6.52. The Morgan fingerprint density at radius 3 is 2.58 bits per heavy atom. The first kappa shape index (κ1) is 36.6. The number of anilines is 1. The van der Waals surface area contributed by atoms with Gasteiger partial charge in [0.2, 0.25) is 17.7 Å². The van der Waals surface area contributed by atoms with Crippen molar-refractivity contribution in [2.75, 3.05) is 44.2 Å². The molecule has 3 aliphatic heterocycles. The highest BCUT2D eigenvalue weighted by Crippen LogP contribution is 2.44. The van der Waals surface area contributed by atoms with E-state index >= 15 is 0 Å². The van der Waals surface area contributed by atoms with Crippen molar-refractivity contribution in [1.82, 2.24) is 30.4 Å². The molecule has 11 nitrogen and oxygen atoms in total. The normalized spacial score (nSPS) is 21.5. The molecule has 2 fully saturated rings. The quantitative estimate of drug-likeness (QED) is 0.174. The van der Waals surface area contributed by atoms with Crippen LogP contribution in [-0.2, 0) is 20.9 Å². The van der Waals surface area contributed by atoms with Gasteiger partial charge in [-0.2, -0.15) is 0 Å². The fraction of sp³-hybridized carbons (Fsp3) is 0.463. The van der Waals surface area contributed by atoms with E-state index in [0.717, 1.165) is 61.4 Å². The minimum atomic E-state index is -0.649. The van der Waals surface area contributed by atoms with Crippen molar-refractivity contribution in [1.29, 1.82) is 0 Å². The summed E-state index contributed by atoms with van der Waals surface area (Å²) in [4.78, 5) is 66.3. The lowest BCUT2D eigenvalue weighted by molar-refractivity contribution is -0.137. The van der Waals surface area contributed by atoms with Crippen molar-refractivity contribution in [3.63, 3.8) is 0 Å². The van der Waals surface area contributed by atoms with Crippen LogP contribution < -0.4 is 15.5 Å². The molecule has 2 N–H and O–H groups in total. The number of nitrogens with one attached hydrogen (secondary N) is 2. The molecule has 0 radical (unpaired) electrons. The zero-order valence-corrected chi connectivity index (χ0v) is 31.1. The summed E-state index contributed by atoms with van der Waals surface area (Å²) >= 11 is 6.21. The van der Waals surface area contributed by atoms with E-state index in [1.807, 2.05) is 41.3 Å². The smallest absolute Gasteiger partial charge is 0.255 e. The number of piperidine rings is 1. The third-order valence-electron chi connectivity index (χ3n) is 11.1. The molecule has 4 aliphatic rings. The Hall–Kier alpha value is -4.79. The van der Waals surface area contributed by atoms with Gasteiger partial charge in [-0.15, -0.1) is 0 Å². The summed E-state index contributed by atoms with van der Waals surface area (Å²) in [7, 11) is 0. The molecule has 4 heterocycles. The third-order valence-corrected chi connectivity index (χ3v) is 11.3. The van der Waals surface area contributed by atoms with Gasteiger partial charge in [0.25, 0.3) is 5.91 Å². The van der Waals surface area contributed by atoms with Crippen molar-refractivity contribution >= 4 is 41.0 Å². The fourth-order valence-electron chi connectivity index (χ4n) is 8.25. The van der Waals surface area contributed by atoms with Crippen molar-refractivity contribution in [3.8, 4) is 11.8 Å². The van der Waals surface area contributed by atoms with Crippen molar-refractivity contribution in [3.05, 3.63) is 87.3 Å². The van der Waals surface area contributed by atoms with Gasteiger partial charge in [0.05, 0.1) is 11.6 Å². The van der Waals surface area contributed by atoms with Crippen LogP contribution in [-0.4, -0.2) is 88.7 Å². The van der Waals surface area contributed by atoms with Crippen molar-refractivity contribution in [2.45, 2.75) is 82.7 Å². The second kappa shape index (κ2) is 16.1. The number of halogens is 1. The number of fused-ring (bicyclic) bond motifs is 2. The molecule has 12 heteroatoms. The molecule has 7 rings (SSSR count). The number of benzene rings is 2. The topological polar surface area (TPSA) is 128 Å². The molecule has 1 aromatic heterocycles. The summed E-state index contributed by atoms with van der Waals surface area (Å²) in [6, 6.07) is 12.4. The van der Waals surface area contributed by atoms with E-state index in [-0.39, 0.29) is 30.1 Å². The van der Waals surface area contributed by atoms with Gasteiger partial charge in [0.15, 0.2) is 0 Å². The lowest BCUT2D eigenvalue weighted by Crippen LogP contribution is -2.52. The van der Waals surface area contributed by atoms with Crippen LogP contribution in [0.15, 0.2) is 48.8 Å². The molecule has 1 unspecified atom stereocenters. The van der Waals surface area contributed by atoms with E-state index in [9.17, 15) is 19.2 Å². The molecule has 2 aromatic carbocycles. The molecule has 276 valence electrons. The van der Waals surface area contributed by atoms with Gasteiger partial charge in [-0.25, -0.2) is 9.97 Å². The number of amides is 4. The molecule has 3 aromatic rings. The number of unbranched alkanes of at least 4 members (excludes halogenated alkanes) is 2. The van der Waals surface area contributed by atoms with E-state index in [1.165, 1.54) is 11.3 Å². The highest BCUT2D eigenvalue weighted by molar-refractivity contribution is 6.30. The number of carbonyl (C=O) groups excluding carboxylic acids is 4. The number of nitrogens with zero attached hydrogens (tertiary/aromatic N) is 5. The third kappa shape index (κ3) is 7.80. The van der Waals surface area contributed by atoms with Gasteiger partial charge in [-0.3, -0.25) is 24.5 Å². The summed E-state index contributed by atoms with van der Waals surface area (Å²) in [6.07, 6.45) is 5.79. The summed E-state index contributed by atoms with van der Waals surface area (Å²) in [5.74, 6) is 7.28. The Balaban J connectivity index is 0.904. The molecule has 2 saturated heterocycles. The molecular formula is C41H46ClN7O4. The van der Waals surface area contributed by atoms with Crippen LogP contribution in [0.3, 0.4) is 0 Å². The predicted molar refractivity (Wildman–Crippen MR) is 203 cm³/mol. The molecule has 4 amide bonds. The zero-order chi connectivity index (χ0) is 37.1. The van der Waals surface area contributed by atoms with Gasteiger partial charge >= 0.3 is 0 Å². The minimum absolute atomic E-state index is 0.116. The Morgan fingerprint density at radius 1 is 1.02 bits per heavy atom. The van der Waals surface area contributed by atoms with Crippen LogP contribution in [0.5, 0.6) is 0 Å². The van der Waals surface area contributed by atoms with Crippen molar-refractivity contribution in [2.24, 2.45) is 0 Å². The van der Waals surface area contributed by atoms with Gasteiger partial charge in [0.1, 0.15) is 18.2 Å². The van der Waals surface area contributed by atoms with E-state index in [1.54, 1.807) is 17.3 Å². The number of imide groups is 1. The van der Waals surface area contributed by atoms with Gasteiger partial charge in [-0.1, -0.05) is 55.5 Å². The second-order valence-electron chi connectivity index (χ2n) is 14.6. The molecule has 1 aliphatic carbocycles. The first-order valence-electron chi connectivity index (χ1n) is 18.8. The van der Waals surface area contributed by atoms with Crippen LogP contribution in [0, 0.1) is 11.8 Å². The molecule has 0 saturated carbocycles.